The minimum atomic E-state index is -0.293. The third-order valence-corrected chi connectivity index (χ3v) is 4.30. The Kier molecular flexibility index (Phi) is 6.43. The number of nitrogens with one attached hydrogen (secondary N) is 1. The smallest absolute Gasteiger partial charge is 0.209 e. The Morgan fingerprint density at radius 2 is 1.24 bits per heavy atom. The molecule has 29 heavy (non-hydrogen) atoms. The van der Waals surface area contributed by atoms with E-state index in [9.17, 15) is 9.59 Å². The molecular weight excluding hydrogens is 366 g/mol. The molecule has 146 valence electrons. The van der Waals surface area contributed by atoms with Gasteiger partial charge in [-0.3, -0.25) is 9.59 Å². The fourth-order valence-electron chi connectivity index (χ4n) is 2.70. The van der Waals surface area contributed by atoms with Crippen molar-refractivity contribution < 1.29 is 19.1 Å². The maximum Gasteiger partial charge on any atom is 0.209 e. The van der Waals surface area contributed by atoms with Gasteiger partial charge in [0.05, 0.1) is 19.9 Å². The van der Waals surface area contributed by atoms with E-state index in [-0.39, 0.29) is 17.3 Å². The zero-order valence-electron chi connectivity index (χ0n) is 16.2. The summed E-state index contributed by atoms with van der Waals surface area (Å²) in [5.41, 5.74) is 1.80. The van der Waals surface area contributed by atoms with Gasteiger partial charge in [0.1, 0.15) is 11.5 Å². The summed E-state index contributed by atoms with van der Waals surface area (Å²) in [7, 11) is 3.12. The lowest BCUT2D eigenvalue weighted by Crippen LogP contribution is -2.14. The molecule has 5 nitrogen and oxygen atoms in total. The molecule has 5 heteroatoms. The van der Waals surface area contributed by atoms with Gasteiger partial charge in [-0.05, 0) is 60.7 Å². The lowest BCUT2D eigenvalue weighted by molar-refractivity contribution is 0.101. The quantitative estimate of drug-likeness (QED) is 0.446. The number of hydrogen-bond acceptors (Lipinski definition) is 5. The molecule has 0 bridgehead atoms. The van der Waals surface area contributed by atoms with Crippen LogP contribution in [0.15, 0.2) is 90.6 Å². The molecule has 0 unspecified atom stereocenters. The third kappa shape index (κ3) is 5.11. The summed E-state index contributed by atoms with van der Waals surface area (Å²) in [6, 6.07) is 22.7. The molecule has 0 aliphatic carbocycles. The van der Waals surface area contributed by atoms with Crippen LogP contribution in [0.5, 0.6) is 11.5 Å². The van der Waals surface area contributed by atoms with Gasteiger partial charge in [-0.2, -0.15) is 0 Å². The molecule has 3 rings (SSSR count). The van der Waals surface area contributed by atoms with Crippen molar-refractivity contribution in [3.05, 3.63) is 102 Å². The van der Waals surface area contributed by atoms with E-state index < -0.39 is 0 Å². The summed E-state index contributed by atoms with van der Waals surface area (Å²) in [6.45, 7) is 0. The second kappa shape index (κ2) is 9.37. The van der Waals surface area contributed by atoms with Gasteiger partial charge in [0.2, 0.25) is 5.78 Å². The zero-order valence-corrected chi connectivity index (χ0v) is 16.2. The highest BCUT2D eigenvalue weighted by molar-refractivity contribution is 6.16. The average Bonchev–Trinajstić information content (AvgIpc) is 2.79. The molecule has 0 amide bonds. The van der Waals surface area contributed by atoms with E-state index in [0.717, 1.165) is 0 Å². The van der Waals surface area contributed by atoms with E-state index in [1.165, 1.54) is 6.08 Å². The molecule has 3 aromatic rings. The second-order valence-electron chi connectivity index (χ2n) is 6.20. The predicted octanol–water partition coefficient (Wildman–Crippen LogP) is 4.77. The van der Waals surface area contributed by atoms with Gasteiger partial charge in [0.25, 0.3) is 0 Å². The Balaban J connectivity index is 1.93. The second-order valence-corrected chi connectivity index (χ2v) is 6.20. The molecule has 0 saturated carbocycles. The summed E-state index contributed by atoms with van der Waals surface area (Å²) in [5, 5.41) is 3.06. The molecule has 0 aliphatic heterocycles. The number of allylic oxidation sites excluding steroid dienone is 2. The van der Waals surface area contributed by atoms with Crippen molar-refractivity contribution in [2.75, 3.05) is 19.5 Å². The lowest BCUT2D eigenvalue weighted by Gasteiger charge is -2.11. The molecular formula is C24H21NO4. The van der Waals surface area contributed by atoms with Crippen molar-refractivity contribution in [1.29, 1.82) is 0 Å². The van der Waals surface area contributed by atoms with Crippen molar-refractivity contribution >= 4 is 17.3 Å². The maximum absolute atomic E-state index is 13.1. The lowest BCUT2D eigenvalue weighted by atomic mass is 10.0. The normalized spacial score (nSPS) is 10.9. The standard InChI is InChI=1S/C24H21NO4/c1-28-20-12-8-17(9-13-20)23(26)16-22(25-19-6-4-3-5-7-19)24(27)18-10-14-21(29-2)15-11-18/h3-16,25H,1-2H3/b22-16+. The Labute approximate surface area is 169 Å². The molecule has 0 saturated heterocycles. The first-order valence-corrected chi connectivity index (χ1v) is 9.01. The van der Waals surface area contributed by atoms with E-state index in [0.29, 0.717) is 28.3 Å². The van der Waals surface area contributed by atoms with Gasteiger partial charge < -0.3 is 14.8 Å². The monoisotopic (exact) mass is 387 g/mol. The van der Waals surface area contributed by atoms with Gasteiger partial charge in [0.15, 0.2) is 5.78 Å². The van der Waals surface area contributed by atoms with Crippen molar-refractivity contribution in [1.82, 2.24) is 0 Å². The van der Waals surface area contributed by atoms with E-state index in [1.54, 1.807) is 62.8 Å². The number of carbonyl (C=O) groups is 2. The van der Waals surface area contributed by atoms with Crippen LogP contribution in [0, 0.1) is 0 Å². The van der Waals surface area contributed by atoms with Crippen molar-refractivity contribution in [2.45, 2.75) is 0 Å². The zero-order chi connectivity index (χ0) is 20.6. The first kappa shape index (κ1) is 19.9. The number of anilines is 1. The third-order valence-electron chi connectivity index (χ3n) is 4.30. The fraction of sp³-hybridized carbons (Fsp3) is 0.0833. The van der Waals surface area contributed by atoms with Crippen LogP contribution in [-0.2, 0) is 0 Å². The van der Waals surface area contributed by atoms with Crippen LogP contribution in [0.4, 0.5) is 5.69 Å². The van der Waals surface area contributed by atoms with Crippen LogP contribution in [0.3, 0.4) is 0 Å². The largest absolute Gasteiger partial charge is 0.497 e. The van der Waals surface area contributed by atoms with Gasteiger partial charge in [-0.1, -0.05) is 18.2 Å². The number of rotatable bonds is 8. The first-order chi connectivity index (χ1) is 14.1. The Morgan fingerprint density at radius 1 is 0.724 bits per heavy atom. The summed E-state index contributed by atoms with van der Waals surface area (Å²) in [4.78, 5) is 25.8. The molecule has 0 radical (unpaired) electrons. The van der Waals surface area contributed by atoms with Crippen molar-refractivity contribution in [2.24, 2.45) is 0 Å². The predicted molar refractivity (Wildman–Crippen MR) is 113 cm³/mol. The number of benzene rings is 3. The van der Waals surface area contributed by atoms with E-state index >= 15 is 0 Å². The Morgan fingerprint density at radius 3 is 1.76 bits per heavy atom. The number of methoxy groups -OCH3 is 2. The number of ether oxygens (including phenoxy) is 2. The molecule has 1 N–H and O–H groups in total. The molecule has 0 aromatic heterocycles. The van der Waals surface area contributed by atoms with Crippen LogP contribution in [0.1, 0.15) is 20.7 Å². The van der Waals surface area contributed by atoms with Crippen LogP contribution >= 0.6 is 0 Å². The number of Topliss-reactive ketones (excluding diaryl/α,β-unsaturated/α-hetero) is 1. The minimum Gasteiger partial charge on any atom is -0.497 e. The SMILES string of the molecule is COc1ccc(C(=O)/C=C(/Nc2ccccc2)C(=O)c2ccc(OC)cc2)cc1. The molecule has 0 aliphatic rings. The molecule has 0 fully saturated rings. The van der Waals surface area contributed by atoms with Crippen molar-refractivity contribution in [3.63, 3.8) is 0 Å². The topological polar surface area (TPSA) is 64.6 Å². The van der Waals surface area contributed by atoms with Gasteiger partial charge >= 0.3 is 0 Å². The molecule has 0 spiro atoms. The Hall–Kier alpha value is -3.86. The number of ketones is 2. The summed E-state index contributed by atoms with van der Waals surface area (Å²) in [5.74, 6) is 0.728. The molecule has 3 aromatic carbocycles. The maximum atomic E-state index is 13.1. The number of carbonyl (C=O) groups excluding carboxylic acids is 2. The fourth-order valence-corrected chi connectivity index (χ4v) is 2.70. The first-order valence-electron chi connectivity index (χ1n) is 9.01. The number of para-hydroxylation sites is 1. The van der Waals surface area contributed by atoms with Gasteiger partial charge in [-0.15, -0.1) is 0 Å². The molecule has 0 heterocycles. The summed E-state index contributed by atoms with van der Waals surface area (Å²) in [6.07, 6.45) is 1.32. The van der Waals surface area contributed by atoms with Crippen LogP contribution in [-0.4, -0.2) is 25.8 Å². The number of hydrogen-bond donors (Lipinski definition) is 1. The van der Waals surface area contributed by atoms with Gasteiger partial charge in [0, 0.05) is 22.9 Å². The van der Waals surface area contributed by atoms with Gasteiger partial charge in [-0.25, -0.2) is 0 Å². The molecule has 0 atom stereocenters. The van der Waals surface area contributed by atoms with E-state index in [2.05, 4.69) is 5.32 Å². The van der Waals surface area contributed by atoms with Crippen LogP contribution < -0.4 is 14.8 Å². The Bertz CT molecular complexity index is 1010. The van der Waals surface area contributed by atoms with Crippen LogP contribution in [0.2, 0.25) is 0 Å². The minimum absolute atomic E-state index is 0.183. The average molecular weight is 387 g/mol. The summed E-state index contributed by atoms with van der Waals surface area (Å²) < 4.78 is 10.3. The highest BCUT2D eigenvalue weighted by atomic mass is 16.5. The highest BCUT2D eigenvalue weighted by Crippen LogP contribution is 2.18. The highest BCUT2D eigenvalue weighted by Gasteiger charge is 2.16. The van der Waals surface area contributed by atoms with Crippen LogP contribution in [0.25, 0.3) is 0 Å². The van der Waals surface area contributed by atoms with E-state index in [4.69, 9.17) is 9.47 Å². The van der Waals surface area contributed by atoms with E-state index in [1.807, 2.05) is 30.3 Å². The summed E-state index contributed by atoms with van der Waals surface area (Å²) >= 11 is 0. The van der Waals surface area contributed by atoms with Crippen molar-refractivity contribution in [3.8, 4) is 11.5 Å².